The molecule has 0 radical (unpaired) electrons. The highest BCUT2D eigenvalue weighted by Crippen LogP contribution is 2.28. The van der Waals surface area contributed by atoms with E-state index in [4.69, 9.17) is 17.3 Å². The molecule has 6 nitrogen and oxygen atoms in total. The van der Waals surface area contributed by atoms with Gasteiger partial charge in [0.2, 0.25) is 10.0 Å². The first-order valence-corrected chi connectivity index (χ1v) is 7.72. The zero-order valence-electron chi connectivity index (χ0n) is 11.4. The van der Waals surface area contributed by atoms with Crippen molar-refractivity contribution in [3.63, 3.8) is 0 Å². The van der Waals surface area contributed by atoms with Crippen LogP contribution in [0.1, 0.15) is 5.82 Å². The molecule has 0 fully saturated rings. The van der Waals surface area contributed by atoms with Gasteiger partial charge >= 0.3 is 0 Å². The van der Waals surface area contributed by atoms with Gasteiger partial charge in [-0.3, -0.25) is 0 Å². The van der Waals surface area contributed by atoms with E-state index < -0.39 is 15.8 Å². The van der Waals surface area contributed by atoms with Crippen molar-refractivity contribution in [2.45, 2.75) is 11.4 Å². The van der Waals surface area contributed by atoms with E-state index in [9.17, 15) is 12.8 Å². The molecule has 1 aromatic heterocycles. The molecule has 2 N–H and O–H groups in total. The monoisotopic (exact) mass is 332 g/mol. The van der Waals surface area contributed by atoms with Gasteiger partial charge < -0.3 is 10.3 Å². The summed E-state index contributed by atoms with van der Waals surface area (Å²) in [5.74, 6) is -0.196. The fourth-order valence-corrected chi connectivity index (χ4v) is 3.39. The van der Waals surface area contributed by atoms with Crippen LogP contribution < -0.4 is 5.73 Å². The van der Waals surface area contributed by atoms with Crippen molar-refractivity contribution < 1.29 is 12.8 Å². The molecule has 0 bridgehead atoms. The lowest BCUT2D eigenvalue weighted by Crippen LogP contribution is -2.28. The molecule has 0 saturated carbocycles. The maximum atomic E-state index is 13.3. The summed E-state index contributed by atoms with van der Waals surface area (Å²) in [5.41, 5.74) is 5.14. The van der Waals surface area contributed by atoms with Crippen LogP contribution in [-0.4, -0.2) is 29.3 Å². The Labute approximate surface area is 127 Å². The van der Waals surface area contributed by atoms with Crippen molar-refractivity contribution in [3.05, 3.63) is 41.2 Å². The highest BCUT2D eigenvalue weighted by Gasteiger charge is 2.26. The van der Waals surface area contributed by atoms with Gasteiger partial charge in [-0.05, 0) is 12.1 Å². The number of nitrogens with two attached hydrogens (primary N) is 1. The Morgan fingerprint density at radius 3 is 2.71 bits per heavy atom. The lowest BCUT2D eigenvalue weighted by molar-refractivity contribution is 0.451. The summed E-state index contributed by atoms with van der Waals surface area (Å²) in [7, 11) is -0.756. The van der Waals surface area contributed by atoms with Gasteiger partial charge in [0, 0.05) is 26.5 Å². The number of halogens is 2. The molecule has 9 heteroatoms. The van der Waals surface area contributed by atoms with Gasteiger partial charge in [0.05, 0.1) is 17.3 Å². The quantitative estimate of drug-likeness (QED) is 0.863. The average molecular weight is 333 g/mol. The van der Waals surface area contributed by atoms with Gasteiger partial charge in [-0.1, -0.05) is 11.6 Å². The number of nitrogen functional groups attached to an aromatic ring is 1. The third kappa shape index (κ3) is 3.02. The summed E-state index contributed by atoms with van der Waals surface area (Å²) >= 11 is 5.82. The van der Waals surface area contributed by atoms with E-state index in [0.29, 0.717) is 5.82 Å². The van der Waals surface area contributed by atoms with Gasteiger partial charge in [0.25, 0.3) is 0 Å². The summed E-state index contributed by atoms with van der Waals surface area (Å²) in [6.45, 7) is 0.0550. The topological polar surface area (TPSA) is 81.2 Å². The molecule has 0 atom stereocenters. The zero-order valence-corrected chi connectivity index (χ0v) is 13.0. The van der Waals surface area contributed by atoms with Gasteiger partial charge in [0.1, 0.15) is 16.5 Å². The van der Waals surface area contributed by atoms with Crippen molar-refractivity contribution in [1.29, 1.82) is 0 Å². The Morgan fingerprint density at radius 2 is 2.14 bits per heavy atom. The van der Waals surface area contributed by atoms with Crippen LogP contribution in [0.25, 0.3) is 0 Å². The highest BCUT2D eigenvalue weighted by molar-refractivity contribution is 7.89. The van der Waals surface area contributed by atoms with Crippen molar-refractivity contribution in [2.24, 2.45) is 7.05 Å². The third-order valence-electron chi connectivity index (χ3n) is 3.02. The summed E-state index contributed by atoms with van der Waals surface area (Å²) in [6.07, 6.45) is 3.28. The van der Waals surface area contributed by atoms with Crippen LogP contribution in [0.3, 0.4) is 0 Å². The molecule has 0 aliphatic rings. The largest absolute Gasteiger partial charge is 0.396 e. The molecule has 0 aliphatic carbocycles. The molecular weight excluding hydrogens is 319 g/mol. The van der Waals surface area contributed by atoms with Gasteiger partial charge in [-0.2, -0.15) is 4.31 Å². The SMILES string of the molecule is CN(Cc1nccn1C)S(=O)(=O)c1cc(N)c(F)cc1Cl. The Morgan fingerprint density at radius 1 is 1.48 bits per heavy atom. The normalized spacial score (nSPS) is 12.0. The predicted octanol–water partition coefficient (Wildman–Crippen LogP) is 1.62. The number of aromatic nitrogens is 2. The number of sulfonamides is 1. The smallest absolute Gasteiger partial charge is 0.244 e. The van der Waals surface area contributed by atoms with Crippen molar-refractivity contribution in [3.8, 4) is 0 Å². The highest BCUT2D eigenvalue weighted by atomic mass is 35.5. The number of aryl methyl sites for hydroxylation is 1. The second-order valence-electron chi connectivity index (χ2n) is 4.52. The zero-order chi connectivity index (χ0) is 15.8. The maximum Gasteiger partial charge on any atom is 0.244 e. The molecule has 0 aliphatic heterocycles. The number of anilines is 1. The number of imidazole rings is 1. The van der Waals surface area contributed by atoms with E-state index in [0.717, 1.165) is 16.4 Å². The number of nitrogens with zero attached hydrogens (tertiary/aromatic N) is 3. The Bertz CT molecular complexity index is 776. The minimum absolute atomic E-state index is 0.0550. The third-order valence-corrected chi connectivity index (χ3v) is 5.29. The van der Waals surface area contributed by atoms with Crippen molar-refractivity contribution >= 4 is 27.3 Å². The summed E-state index contributed by atoms with van der Waals surface area (Å²) in [5, 5.41) is -0.214. The average Bonchev–Trinajstić information content (AvgIpc) is 2.79. The lowest BCUT2D eigenvalue weighted by Gasteiger charge is -2.18. The Hall–Kier alpha value is -1.64. The first-order chi connectivity index (χ1) is 9.73. The molecule has 0 saturated heterocycles. The molecule has 0 spiro atoms. The van der Waals surface area contributed by atoms with Crippen LogP contribution >= 0.6 is 11.6 Å². The second kappa shape index (κ2) is 5.63. The van der Waals surface area contributed by atoms with E-state index in [2.05, 4.69) is 4.98 Å². The molecule has 114 valence electrons. The minimum atomic E-state index is -3.90. The van der Waals surface area contributed by atoms with E-state index in [1.807, 2.05) is 0 Å². The molecule has 2 aromatic rings. The standard InChI is InChI=1S/C12H14ClFN4O2S/c1-17-4-3-16-12(17)7-18(2)21(19,20)11-6-10(15)9(14)5-8(11)13/h3-6H,7,15H2,1-2H3. The van der Waals surface area contributed by atoms with Gasteiger partial charge in [0.15, 0.2) is 0 Å². The second-order valence-corrected chi connectivity index (χ2v) is 6.94. The lowest BCUT2D eigenvalue weighted by atomic mass is 10.3. The van der Waals surface area contributed by atoms with Crippen LogP contribution in [0.2, 0.25) is 5.02 Å². The van der Waals surface area contributed by atoms with Crippen molar-refractivity contribution in [1.82, 2.24) is 13.9 Å². The van der Waals surface area contributed by atoms with Crippen LogP contribution in [0, 0.1) is 5.82 Å². The molecule has 21 heavy (non-hydrogen) atoms. The molecule has 1 aromatic carbocycles. The van der Waals surface area contributed by atoms with Crippen LogP contribution in [0.4, 0.5) is 10.1 Å². The van der Waals surface area contributed by atoms with Crippen molar-refractivity contribution in [2.75, 3.05) is 12.8 Å². The fraction of sp³-hybridized carbons (Fsp3) is 0.250. The predicted molar refractivity (Wildman–Crippen MR) is 77.7 cm³/mol. The van der Waals surface area contributed by atoms with E-state index in [1.54, 1.807) is 24.0 Å². The maximum absolute atomic E-state index is 13.3. The van der Waals surface area contributed by atoms with E-state index in [-0.39, 0.29) is 22.2 Å². The molecule has 2 rings (SSSR count). The first kappa shape index (κ1) is 15.7. The number of hydrogen-bond acceptors (Lipinski definition) is 4. The van der Waals surface area contributed by atoms with Gasteiger partial charge in [-0.15, -0.1) is 0 Å². The van der Waals surface area contributed by atoms with Gasteiger partial charge in [-0.25, -0.2) is 17.8 Å². The molecule has 0 amide bonds. The summed E-state index contributed by atoms with van der Waals surface area (Å²) in [6, 6.07) is 1.90. The van der Waals surface area contributed by atoms with Crippen LogP contribution in [-0.2, 0) is 23.6 Å². The van der Waals surface area contributed by atoms with E-state index in [1.165, 1.54) is 7.05 Å². The number of rotatable bonds is 4. The molecule has 0 unspecified atom stereocenters. The van der Waals surface area contributed by atoms with Crippen LogP contribution in [0.15, 0.2) is 29.4 Å². The fourth-order valence-electron chi connectivity index (χ4n) is 1.74. The Kier molecular flexibility index (Phi) is 4.22. The van der Waals surface area contributed by atoms with E-state index >= 15 is 0 Å². The number of hydrogen-bond donors (Lipinski definition) is 1. The summed E-state index contributed by atoms with van der Waals surface area (Å²) in [4.78, 5) is 3.82. The molecule has 1 heterocycles. The summed E-state index contributed by atoms with van der Waals surface area (Å²) < 4.78 is 41.0. The van der Waals surface area contributed by atoms with Crippen LogP contribution in [0.5, 0.6) is 0 Å². The number of benzene rings is 1. The first-order valence-electron chi connectivity index (χ1n) is 5.90. The molecular formula is C12H14ClFN4O2S. The Balaban J connectivity index is 2.38. The minimum Gasteiger partial charge on any atom is -0.396 e.